The SMILES string of the molecule is NC(CCS(=O)(=O)Cl)C(=O)O. The number of hydrogen-bond acceptors (Lipinski definition) is 4. The molecule has 1 unspecified atom stereocenters. The van der Waals surface area contributed by atoms with Gasteiger partial charge in [0, 0.05) is 10.7 Å². The highest BCUT2D eigenvalue weighted by atomic mass is 35.7. The molecule has 0 amide bonds. The third-order valence-corrected chi connectivity index (χ3v) is 2.18. The third-order valence-electron chi connectivity index (χ3n) is 0.990. The lowest BCUT2D eigenvalue weighted by molar-refractivity contribution is -0.138. The average Bonchev–Trinajstić information content (AvgIpc) is 1.80. The largest absolute Gasteiger partial charge is 0.480 e. The fraction of sp³-hybridized carbons (Fsp3) is 0.750. The number of carbonyl (C=O) groups is 1. The summed E-state index contributed by atoms with van der Waals surface area (Å²) in [6, 6.07) is -1.16. The van der Waals surface area contributed by atoms with E-state index in [1.807, 2.05) is 0 Å². The highest BCUT2D eigenvalue weighted by Gasteiger charge is 2.15. The van der Waals surface area contributed by atoms with Crippen molar-refractivity contribution >= 4 is 25.7 Å². The maximum absolute atomic E-state index is 10.3. The summed E-state index contributed by atoms with van der Waals surface area (Å²) in [5.74, 6) is -1.65. The topological polar surface area (TPSA) is 97.5 Å². The van der Waals surface area contributed by atoms with E-state index in [9.17, 15) is 13.2 Å². The van der Waals surface area contributed by atoms with Crippen molar-refractivity contribution in [3.8, 4) is 0 Å². The predicted molar refractivity (Wildman–Crippen MR) is 39.9 cm³/mol. The minimum atomic E-state index is -3.62. The van der Waals surface area contributed by atoms with Gasteiger partial charge < -0.3 is 10.8 Å². The normalized spacial score (nSPS) is 14.4. The monoisotopic (exact) mass is 201 g/mol. The van der Waals surface area contributed by atoms with Crippen LogP contribution in [-0.4, -0.2) is 31.3 Å². The number of carboxylic acids is 1. The van der Waals surface area contributed by atoms with Crippen LogP contribution in [0.2, 0.25) is 0 Å². The summed E-state index contributed by atoms with van der Waals surface area (Å²) in [4.78, 5) is 10.1. The number of rotatable bonds is 4. The minimum absolute atomic E-state index is 0.166. The molecule has 0 fully saturated rings. The summed E-state index contributed by atoms with van der Waals surface area (Å²) in [6.45, 7) is 0. The fourth-order valence-electron chi connectivity index (χ4n) is 0.391. The molecule has 0 saturated carbocycles. The second-order valence-electron chi connectivity index (χ2n) is 1.98. The summed E-state index contributed by atoms with van der Waals surface area (Å²) in [5.41, 5.74) is 5.00. The van der Waals surface area contributed by atoms with E-state index in [4.69, 9.17) is 21.5 Å². The molecule has 0 spiro atoms. The molecule has 0 aromatic carbocycles. The van der Waals surface area contributed by atoms with Gasteiger partial charge >= 0.3 is 5.97 Å². The molecule has 0 aliphatic rings. The molecule has 0 aromatic rings. The molecule has 66 valence electrons. The van der Waals surface area contributed by atoms with Gasteiger partial charge in [-0.3, -0.25) is 4.79 Å². The Hall–Kier alpha value is -0.330. The van der Waals surface area contributed by atoms with E-state index >= 15 is 0 Å². The molecular formula is C4H8ClNO4S. The quantitative estimate of drug-likeness (QED) is 0.590. The van der Waals surface area contributed by atoms with Gasteiger partial charge in [-0.25, -0.2) is 8.42 Å². The Labute approximate surface area is 68.6 Å². The molecule has 0 saturated heterocycles. The first-order chi connectivity index (χ1) is 4.83. The lowest BCUT2D eigenvalue weighted by Crippen LogP contribution is -2.31. The van der Waals surface area contributed by atoms with Crippen LogP contribution >= 0.6 is 10.7 Å². The van der Waals surface area contributed by atoms with E-state index in [1.54, 1.807) is 0 Å². The van der Waals surface area contributed by atoms with E-state index in [0.29, 0.717) is 0 Å². The Morgan fingerprint density at radius 1 is 1.64 bits per heavy atom. The summed E-state index contributed by atoms with van der Waals surface area (Å²) in [7, 11) is 1.18. The highest BCUT2D eigenvalue weighted by molar-refractivity contribution is 8.13. The maximum Gasteiger partial charge on any atom is 0.320 e. The maximum atomic E-state index is 10.3. The first-order valence-corrected chi connectivity index (χ1v) is 5.21. The summed E-state index contributed by atoms with van der Waals surface area (Å²) >= 11 is 0. The molecule has 0 aliphatic carbocycles. The van der Waals surface area contributed by atoms with Crippen LogP contribution in [0.4, 0.5) is 0 Å². The van der Waals surface area contributed by atoms with Crippen LogP contribution in [-0.2, 0) is 13.8 Å². The van der Waals surface area contributed by atoms with Crippen LogP contribution in [0.15, 0.2) is 0 Å². The third kappa shape index (κ3) is 6.08. The van der Waals surface area contributed by atoms with Gasteiger partial charge in [0.1, 0.15) is 6.04 Å². The molecule has 5 nitrogen and oxygen atoms in total. The van der Waals surface area contributed by atoms with Gasteiger partial charge in [-0.05, 0) is 6.42 Å². The smallest absolute Gasteiger partial charge is 0.320 e. The molecule has 0 aromatic heterocycles. The molecule has 0 aliphatic heterocycles. The first kappa shape index (κ1) is 10.7. The van der Waals surface area contributed by atoms with Gasteiger partial charge in [0.2, 0.25) is 9.05 Å². The van der Waals surface area contributed by atoms with Gasteiger partial charge in [0.25, 0.3) is 0 Å². The molecule has 3 N–H and O–H groups in total. The van der Waals surface area contributed by atoms with Crippen LogP contribution in [0, 0.1) is 0 Å². The minimum Gasteiger partial charge on any atom is -0.480 e. The lowest BCUT2D eigenvalue weighted by atomic mass is 10.2. The van der Waals surface area contributed by atoms with Crippen LogP contribution in [0.3, 0.4) is 0 Å². The Morgan fingerprint density at radius 3 is 2.36 bits per heavy atom. The Kier molecular flexibility index (Phi) is 3.77. The van der Waals surface area contributed by atoms with Crippen LogP contribution in [0.5, 0.6) is 0 Å². The summed E-state index contributed by atoms with van der Waals surface area (Å²) in [5, 5.41) is 8.22. The zero-order valence-electron chi connectivity index (χ0n) is 5.53. The lowest BCUT2D eigenvalue weighted by Gasteiger charge is -2.02. The van der Waals surface area contributed by atoms with E-state index in [2.05, 4.69) is 0 Å². The van der Waals surface area contributed by atoms with E-state index in [0.717, 1.165) is 0 Å². The van der Waals surface area contributed by atoms with Crippen molar-refractivity contribution < 1.29 is 18.3 Å². The Morgan fingerprint density at radius 2 is 2.09 bits per heavy atom. The van der Waals surface area contributed by atoms with Gasteiger partial charge in [0.05, 0.1) is 5.75 Å². The van der Waals surface area contributed by atoms with Gasteiger partial charge in [0.15, 0.2) is 0 Å². The van der Waals surface area contributed by atoms with Crippen LogP contribution in [0.1, 0.15) is 6.42 Å². The number of hydrogen-bond donors (Lipinski definition) is 2. The Balaban J connectivity index is 3.82. The number of nitrogens with two attached hydrogens (primary N) is 1. The second-order valence-corrected chi connectivity index (χ2v) is 4.87. The van der Waals surface area contributed by atoms with Crippen molar-refractivity contribution in [1.29, 1.82) is 0 Å². The van der Waals surface area contributed by atoms with E-state index in [-0.39, 0.29) is 6.42 Å². The van der Waals surface area contributed by atoms with Crippen LogP contribution < -0.4 is 5.73 Å². The van der Waals surface area contributed by atoms with Crippen molar-refractivity contribution in [3.63, 3.8) is 0 Å². The zero-order chi connectivity index (χ0) is 9.07. The van der Waals surface area contributed by atoms with Gasteiger partial charge in [-0.1, -0.05) is 0 Å². The number of carboxylic acid groups (broad SMARTS) is 1. The molecule has 1 atom stereocenters. The van der Waals surface area contributed by atoms with Gasteiger partial charge in [-0.15, -0.1) is 0 Å². The standard InChI is InChI=1S/C4H8ClNO4S/c5-11(9,10)2-1-3(6)4(7)8/h3H,1-2,6H2,(H,7,8). The zero-order valence-corrected chi connectivity index (χ0v) is 7.10. The highest BCUT2D eigenvalue weighted by Crippen LogP contribution is 2.00. The molecule has 0 rings (SSSR count). The van der Waals surface area contributed by atoms with Crippen molar-refractivity contribution in [2.45, 2.75) is 12.5 Å². The van der Waals surface area contributed by atoms with Crippen molar-refractivity contribution in [2.75, 3.05) is 5.75 Å². The van der Waals surface area contributed by atoms with E-state index in [1.165, 1.54) is 0 Å². The summed E-state index contributed by atoms with van der Waals surface area (Å²) in [6.07, 6.45) is -0.166. The molecule has 11 heavy (non-hydrogen) atoms. The molecule has 0 bridgehead atoms. The number of halogens is 1. The summed E-state index contributed by atoms with van der Waals surface area (Å²) < 4.78 is 20.6. The number of aliphatic carboxylic acids is 1. The second kappa shape index (κ2) is 3.89. The molecule has 0 heterocycles. The average molecular weight is 202 g/mol. The fourth-order valence-corrected chi connectivity index (χ4v) is 1.19. The van der Waals surface area contributed by atoms with Crippen LogP contribution in [0.25, 0.3) is 0 Å². The first-order valence-electron chi connectivity index (χ1n) is 2.73. The van der Waals surface area contributed by atoms with E-state index < -0.39 is 26.8 Å². The Bertz CT molecular complexity index is 236. The molecule has 7 heteroatoms. The van der Waals surface area contributed by atoms with Gasteiger partial charge in [-0.2, -0.15) is 0 Å². The molecule has 0 radical (unpaired) electrons. The van der Waals surface area contributed by atoms with Crippen molar-refractivity contribution in [2.24, 2.45) is 5.73 Å². The predicted octanol–water partition coefficient (Wildman–Crippen LogP) is -0.643. The van der Waals surface area contributed by atoms with Crippen molar-refractivity contribution in [3.05, 3.63) is 0 Å². The molecular weight excluding hydrogens is 194 g/mol. The van der Waals surface area contributed by atoms with Crippen molar-refractivity contribution in [1.82, 2.24) is 0 Å².